The first-order valence-electron chi connectivity index (χ1n) is 17.8. The third kappa shape index (κ3) is 13.4. The van der Waals surface area contributed by atoms with Gasteiger partial charge in [-0.3, -0.25) is 19.4 Å². The van der Waals surface area contributed by atoms with E-state index in [1.165, 1.54) is 19.3 Å². The van der Waals surface area contributed by atoms with Gasteiger partial charge < -0.3 is 20.6 Å². The highest BCUT2D eigenvalue weighted by Gasteiger charge is 2.25. The van der Waals surface area contributed by atoms with Gasteiger partial charge >= 0.3 is 0 Å². The lowest BCUT2D eigenvalue weighted by atomic mass is 9.92. The summed E-state index contributed by atoms with van der Waals surface area (Å²) >= 11 is 0. The number of para-hydroxylation sites is 1. The summed E-state index contributed by atoms with van der Waals surface area (Å²) in [4.78, 5) is 26.3. The Morgan fingerprint density at radius 1 is 1.06 bits per heavy atom. The summed E-state index contributed by atoms with van der Waals surface area (Å²) in [5, 5.41) is 14.4. The fourth-order valence-electron chi connectivity index (χ4n) is 6.45. The molecule has 1 aromatic heterocycles. The van der Waals surface area contributed by atoms with Crippen molar-refractivity contribution in [3.05, 3.63) is 108 Å². The number of primary amides is 1. The number of hydrogen-bond acceptors (Lipinski definition) is 6. The highest BCUT2D eigenvalue weighted by Crippen LogP contribution is 2.32. The molecule has 264 valence electrons. The molecular formula is C41H56N4O4. The number of aliphatic hydroxyl groups excluding tert-OH is 1. The molecule has 0 spiro atoms. The Labute approximate surface area is 292 Å². The summed E-state index contributed by atoms with van der Waals surface area (Å²) in [6.07, 6.45) is 27.3. The van der Waals surface area contributed by atoms with Crippen molar-refractivity contribution in [2.45, 2.75) is 77.5 Å². The Morgan fingerprint density at radius 2 is 1.84 bits per heavy atom. The first kappa shape index (κ1) is 37.8. The van der Waals surface area contributed by atoms with Crippen molar-refractivity contribution >= 4 is 23.3 Å². The van der Waals surface area contributed by atoms with Gasteiger partial charge in [-0.15, -0.1) is 0 Å². The molecule has 8 heteroatoms. The van der Waals surface area contributed by atoms with Gasteiger partial charge in [-0.05, 0) is 82.9 Å². The molecule has 2 aromatic rings. The number of benzene rings is 1. The molecule has 1 saturated carbocycles. The van der Waals surface area contributed by atoms with Crippen LogP contribution in [0.15, 0.2) is 107 Å². The van der Waals surface area contributed by atoms with Crippen LogP contribution in [0.5, 0.6) is 0 Å². The fraction of sp³-hybridized carbons (Fsp3) is 0.463. The quantitative estimate of drug-likeness (QED) is 0.246. The summed E-state index contributed by atoms with van der Waals surface area (Å²) in [7, 11) is 0. The molecule has 49 heavy (non-hydrogen) atoms. The number of carbonyl (C=O) groups excluding carboxylic acids is 2. The third-order valence-corrected chi connectivity index (χ3v) is 9.11. The van der Waals surface area contributed by atoms with Crippen LogP contribution in [0.2, 0.25) is 0 Å². The van der Waals surface area contributed by atoms with E-state index in [9.17, 15) is 14.7 Å². The van der Waals surface area contributed by atoms with E-state index >= 15 is 0 Å². The molecule has 1 unspecified atom stereocenters. The smallest absolute Gasteiger partial charge is 0.220 e. The van der Waals surface area contributed by atoms with Crippen LogP contribution < -0.4 is 11.1 Å². The average molecular weight is 669 g/mol. The molecule has 6 rings (SSSR count). The van der Waals surface area contributed by atoms with Crippen LogP contribution >= 0.6 is 0 Å². The Hall–Kier alpha value is -3.98. The summed E-state index contributed by atoms with van der Waals surface area (Å²) in [5.41, 5.74) is 9.21. The van der Waals surface area contributed by atoms with Gasteiger partial charge in [0.25, 0.3) is 0 Å². The first-order valence-corrected chi connectivity index (χ1v) is 17.8. The van der Waals surface area contributed by atoms with Crippen molar-refractivity contribution in [3.63, 3.8) is 0 Å². The number of rotatable bonds is 10. The maximum Gasteiger partial charge on any atom is 0.220 e. The molecule has 1 saturated heterocycles. The SMILES string of the molecule is C1=CC=C2CCCC2C=C1.CC(C)(C)NC=O.NC(=O)[C@H](CC1=CC=CCC=C1)C[C@H](O)CN1CCN(Cc2cc3ccccc3o2)CC1. The van der Waals surface area contributed by atoms with Crippen molar-refractivity contribution in [1.82, 2.24) is 15.1 Å². The zero-order valence-electron chi connectivity index (χ0n) is 29.6. The van der Waals surface area contributed by atoms with Crippen molar-refractivity contribution < 1.29 is 19.1 Å². The molecule has 1 aliphatic heterocycles. The summed E-state index contributed by atoms with van der Waals surface area (Å²) in [5.74, 6) is 1.06. The molecule has 2 fully saturated rings. The summed E-state index contributed by atoms with van der Waals surface area (Å²) in [6, 6.07) is 10.2. The Balaban J connectivity index is 0.000000258. The number of piperazine rings is 1. The van der Waals surface area contributed by atoms with Crippen molar-refractivity contribution in [1.29, 1.82) is 0 Å². The van der Waals surface area contributed by atoms with Crippen LogP contribution in [-0.2, 0) is 16.1 Å². The number of nitrogens with two attached hydrogens (primary N) is 1. The van der Waals surface area contributed by atoms with Crippen LogP contribution in [0.4, 0.5) is 0 Å². The normalized spacial score (nSPS) is 20.4. The molecule has 1 aromatic carbocycles. The predicted molar refractivity (Wildman–Crippen MR) is 199 cm³/mol. The Bertz CT molecular complexity index is 1500. The van der Waals surface area contributed by atoms with E-state index in [4.69, 9.17) is 10.2 Å². The lowest BCUT2D eigenvalue weighted by Gasteiger charge is -2.35. The van der Waals surface area contributed by atoms with Gasteiger partial charge in [0, 0.05) is 49.6 Å². The Morgan fingerprint density at radius 3 is 2.55 bits per heavy atom. The van der Waals surface area contributed by atoms with E-state index in [1.54, 1.807) is 5.57 Å². The molecular weight excluding hydrogens is 612 g/mol. The molecule has 0 radical (unpaired) electrons. The average Bonchev–Trinajstić information content (AvgIpc) is 3.50. The molecule has 8 nitrogen and oxygen atoms in total. The zero-order chi connectivity index (χ0) is 35.1. The number of hydrogen-bond donors (Lipinski definition) is 3. The first-order chi connectivity index (χ1) is 23.6. The van der Waals surface area contributed by atoms with Gasteiger partial charge in [0.2, 0.25) is 12.3 Å². The minimum atomic E-state index is -0.569. The van der Waals surface area contributed by atoms with E-state index in [2.05, 4.69) is 69.8 Å². The fourth-order valence-corrected chi connectivity index (χ4v) is 6.45. The van der Waals surface area contributed by atoms with Gasteiger partial charge in [-0.25, -0.2) is 0 Å². The molecule has 0 bridgehead atoms. The minimum Gasteiger partial charge on any atom is -0.460 e. The Kier molecular flexibility index (Phi) is 14.9. The highest BCUT2D eigenvalue weighted by atomic mass is 16.3. The van der Waals surface area contributed by atoms with Crippen molar-refractivity contribution in [2.75, 3.05) is 32.7 Å². The topological polar surface area (TPSA) is 112 Å². The number of β-amino-alcohol motifs (C(OH)–C–C–N with tert-alkyl or cyclic N) is 1. The second-order valence-electron chi connectivity index (χ2n) is 14.4. The van der Waals surface area contributed by atoms with E-state index in [-0.39, 0.29) is 17.4 Å². The number of amides is 2. The number of fused-ring (bicyclic) bond motifs is 2. The van der Waals surface area contributed by atoms with Crippen molar-refractivity contribution in [3.8, 4) is 0 Å². The van der Waals surface area contributed by atoms with E-state index < -0.39 is 6.10 Å². The molecule has 4 aliphatic rings. The number of furan rings is 1. The van der Waals surface area contributed by atoms with Crippen LogP contribution in [0.1, 0.15) is 65.1 Å². The highest BCUT2D eigenvalue weighted by molar-refractivity contribution is 5.78. The van der Waals surface area contributed by atoms with E-state index in [1.807, 2.05) is 57.2 Å². The maximum absolute atomic E-state index is 12.0. The van der Waals surface area contributed by atoms with Crippen LogP contribution in [-0.4, -0.2) is 71.6 Å². The van der Waals surface area contributed by atoms with Gasteiger partial charge in [0.15, 0.2) is 0 Å². The van der Waals surface area contributed by atoms with Crippen LogP contribution in [0, 0.1) is 11.8 Å². The predicted octanol–water partition coefficient (Wildman–Crippen LogP) is 6.61. The molecule has 3 aliphatic carbocycles. The molecule has 2 heterocycles. The van der Waals surface area contributed by atoms with Gasteiger partial charge in [0.1, 0.15) is 11.3 Å². The standard InChI is InChI=1S/C26H33N3O3.C10H12.C5H11NO/c27-26(31)22(15-20-7-3-1-2-4-8-20)16-23(30)18-28-11-13-29(14-12-28)19-24-17-21-9-5-6-10-25(21)32-24;1-2-5-9-7-4-8-10(9)6-3-1;1-5(2,3)6-4-7/h1,3-10,17,22-23,30H,2,11-16,18-19H2,(H2,27,31);1-3,5-6,9H,4,7-8H2;4H,1-3H3,(H,6,7)/t22-,23+;;/m1../s1. The van der Waals surface area contributed by atoms with Gasteiger partial charge in [-0.2, -0.15) is 0 Å². The number of carbonyl (C=O) groups is 2. The van der Waals surface area contributed by atoms with Crippen LogP contribution in [0.3, 0.4) is 0 Å². The largest absolute Gasteiger partial charge is 0.460 e. The lowest BCUT2D eigenvalue weighted by molar-refractivity contribution is -0.122. The van der Waals surface area contributed by atoms with Crippen molar-refractivity contribution in [2.24, 2.45) is 17.6 Å². The summed E-state index contributed by atoms with van der Waals surface area (Å²) in [6.45, 7) is 10.8. The molecule has 4 N–H and O–H groups in total. The van der Waals surface area contributed by atoms with E-state index in [0.29, 0.717) is 25.8 Å². The number of allylic oxidation sites excluding steroid dienone is 12. The second kappa shape index (κ2) is 19.3. The number of aliphatic hydroxyl groups is 1. The van der Waals surface area contributed by atoms with Crippen LogP contribution in [0.25, 0.3) is 11.0 Å². The maximum atomic E-state index is 12.0. The molecule has 2 amide bonds. The van der Waals surface area contributed by atoms with Gasteiger partial charge in [0.05, 0.1) is 12.6 Å². The third-order valence-electron chi connectivity index (χ3n) is 9.11. The van der Waals surface area contributed by atoms with Gasteiger partial charge in [-0.1, -0.05) is 84.5 Å². The van der Waals surface area contributed by atoms with E-state index in [0.717, 1.165) is 67.4 Å². The number of nitrogens with zero attached hydrogens (tertiary/aromatic N) is 2. The zero-order valence-corrected chi connectivity index (χ0v) is 29.6. The minimum absolute atomic E-state index is 0.0677. The lowest BCUT2D eigenvalue weighted by Crippen LogP contribution is -2.48. The number of nitrogens with one attached hydrogen (secondary N) is 1. The second-order valence-corrected chi connectivity index (χ2v) is 14.4. The monoisotopic (exact) mass is 668 g/mol. The molecule has 3 atom stereocenters. The summed E-state index contributed by atoms with van der Waals surface area (Å²) < 4.78 is 5.95.